The summed E-state index contributed by atoms with van der Waals surface area (Å²) in [5, 5.41) is 5.99. The Labute approximate surface area is 140 Å². The minimum absolute atomic E-state index is 0.0626. The molecule has 1 heterocycles. The Kier molecular flexibility index (Phi) is 5.90. The van der Waals surface area contributed by atoms with Gasteiger partial charge in [0.05, 0.1) is 16.3 Å². The third-order valence-corrected chi connectivity index (χ3v) is 5.43. The van der Waals surface area contributed by atoms with E-state index in [2.05, 4.69) is 10.3 Å². The molecule has 124 valence electrons. The van der Waals surface area contributed by atoms with Crippen molar-refractivity contribution in [3.05, 3.63) is 45.9 Å². The number of carbonyl (C=O) groups excluding carboxylic acids is 1. The van der Waals surface area contributed by atoms with Gasteiger partial charge in [0, 0.05) is 30.3 Å². The van der Waals surface area contributed by atoms with Crippen LogP contribution in [0.1, 0.15) is 22.7 Å². The third kappa shape index (κ3) is 5.76. The number of hydrogen-bond donors (Lipinski definition) is 1. The summed E-state index contributed by atoms with van der Waals surface area (Å²) in [6.45, 7) is 2.58. The SMILES string of the molecule is Cc1csc(CCCNC(=O)Cc2ccc(S(C)(=O)=O)cc2)n1. The molecule has 0 atom stereocenters. The van der Waals surface area contributed by atoms with Crippen LogP contribution in [0.25, 0.3) is 0 Å². The lowest BCUT2D eigenvalue weighted by atomic mass is 10.1. The molecule has 0 aliphatic heterocycles. The van der Waals surface area contributed by atoms with Crippen molar-refractivity contribution in [2.24, 2.45) is 0 Å². The summed E-state index contributed by atoms with van der Waals surface area (Å²) < 4.78 is 22.8. The molecule has 0 spiro atoms. The van der Waals surface area contributed by atoms with Crippen LogP contribution in [0.3, 0.4) is 0 Å². The Balaban J connectivity index is 1.74. The fourth-order valence-electron chi connectivity index (χ4n) is 2.09. The molecule has 0 aliphatic rings. The highest BCUT2D eigenvalue weighted by Crippen LogP contribution is 2.11. The van der Waals surface area contributed by atoms with Crippen LogP contribution in [0.15, 0.2) is 34.5 Å². The van der Waals surface area contributed by atoms with Gasteiger partial charge < -0.3 is 5.32 Å². The molecule has 5 nitrogen and oxygen atoms in total. The standard InChI is InChI=1S/C16H20N2O3S2/c1-12-11-22-16(18-12)4-3-9-17-15(19)10-13-5-7-14(8-6-13)23(2,20)21/h5-8,11H,3-4,9-10H2,1-2H3,(H,17,19). The second-order valence-electron chi connectivity index (χ2n) is 5.43. The van der Waals surface area contributed by atoms with Crippen molar-refractivity contribution in [3.63, 3.8) is 0 Å². The van der Waals surface area contributed by atoms with Gasteiger partial charge in [0.2, 0.25) is 5.91 Å². The minimum Gasteiger partial charge on any atom is -0.356 e. The summed E-state index contributed by atoms with van der Waals surface area (Å²) >= 11 is 1.64. The van der Waals surface area contributed by atoms with Crippen molar-refractivity contribution < 1.29 is 13.2 Å². The first-order valence-electron chi connectivity index (χ1n) is 7.31. The van der Waals surface area contributed by atoms with E-state index >= 15 is 0 Å². The van der Waals surface area contributed by atoms with Crippen molar-refractivity contribution in [1.82, 2.24) is 10.3 Å². The highest BCUT2D eigenvalue weighted by molar-refractivity contribution is 7.90. The molecule has 0 unspecified atom stereocenters. The van der Waals surface area contributed by atoms with E-state index in [0.29, 0.717) is 6.54 Å². The van der Waals surface area contributed by atoms with Gasteiger partial charge in [0.15, 0.2) is 9.84 Å². The molecule has 1 aromatic carbocycles. The predicted molar refractivity (Wildman–Crippen MR) is 91.4 cm³/mol. The zero-order valence-corrected chi connectivity index (χ0v) is 14.8. The number of carbonyl (C=O) groups is 1. The Morgan fingerprint density at radius 3 is 2.52 bits per heavy atom. The zero-order valence-electron chi connectivity index (χ0n) is 13.2. The molecule has 0 saturated carbocycles. The highest BCUT2D eigenvalue weighted by Gasteiger charge is 2.08. The van der Waals surface area contributed by atoms with Gasteiger partial charge in [-0.2, -0.15) is 0 Å². The predicted octanol–water partition coefficient (Wildman–Crippen LogP) is 2.15. The Bertz CT molecular complexity index is 765. The normalized spacial score (nSPS) is 11.4. The summed E-state index contributed by atoms with van der Waals surface area (Å²) in [7, 11) is -3.20. The number of aryl methyl sites for hydroxylation is 2. The molecule has 0 bridgehead atoms. The summed E-state index contributed by atoms with van der Waals surface area (Å²) in [6, 6.07) is 6.41. The average molecular weight is 352 g/mol. The van der Waals surface area contributed by atoms with Crippen molar-refractivity contribution in [2.75, 3.05) is 12.8 Å². The lowest BCUT2D eigenvalue weighted by molar-refractivity contribution is -0.120. The first-order valence-corrected chi connectivity index (χ1v) is 10.1. The molecule has 23 heavy (non-hydrogen) atoms. The molecule has 0 saturated heterocycles. The summed E-state index contributed by atoms with van der Waals surface area (Å²) in [4.78, 5) is 16.5. The van der Waals surface area contributed by atoms with Crippen molar-refractivity contribution in [2.45, 2.75) is 31.1 Å². The average Bonchev–Trinajstić information content (AvgIpc) is 2.89. The number of hydrogen-bond acceptors (Lipinski definition) is 5. The fourth-order valence-corrected chi connectivity index (χ4v) is 3.54. The maximum absolute atomic E-state index is 11.9. The Morgan fingerprint density at radius 1 is 1.26 bits per heavy atom. The quantitative estimate of drug-likeness (QED) is 0.775. The van der Waals surface area contributed by atoms with Gasteiger partial charge in [0.1, 0.15) is 0 Å². The van der Waals surface area contributed by atoms with Crippen LogP contribution in [0.4, 0.5) is 0 Å². The smallest absolute Gasteiger partial charge is 0.224 e. The number of rotatable bonds is 7. The minimum atomic E-state index is -3.20. The lowest BCUT2D eigenvalue weighted by Crippen LogP contribution is -2.26. The van der Waals surface area contributed by atoms with E-state index in [1.165, 1.54) is 18.4 Å². The number of nitrogens with zero attached hydrogens (tertiary/aromatic N) is 1. The summed E-state index contributed by atoms with van der Waals surface area (Å²) in [5.74, 6) is -0.0626. The van der Waals surface area contributed by atoms with Gasteiger partial charge in [0.25, 0.3) is 0 Å². The zero-order chi connectivity index (χ0) is 16.9. The van der Waals surface area contributed by atoms with Gasteiger partial charge in [-0.15, -0.1) is 11.3 Å². The van der Waals surface area contributed by atoms with Gasteiger partial charge in [-0.05, 0) is 31.0 Å². The molecule has 1 aromatic heterocycles. The van der Waals surface area contributed by atoms with Crippen LogP contribution < -0.4 is 5.32 Å². The van der Waals surface area contributed by atoms with E-state index in [0.717, 1.165) is 29.1 Å². The molecule has 0 fully saturated rings. The van der Waals surface area contributed by atoms with Gasteiger partial charge in [-0.3, -0.25) is 4.79 Å². The first-order chi connectivity index (χ1) is 10.8. The Morgan fingerprint density at radius 2 is 1.96 bits per heavy atom. The molecule has 1 N–H and O–H groups in total. The number of sulfone groups is 1. The van der Waals surface area contributed by atoms with Crippen LogP contribution >= 0.6 is 11.3 Å². The third-order valence-electron chi connectivity index (χ3n) is 3.27. The van der Waals surface area contributed by atoms with E-state index < -0.39 is 9.84 Å². The molecule has 2 aromatic rings. The molecule has 0 aliphatic carbocycles. The monoisotopic (exact) mass is 352 g/mol. The second kappa shape index (κ2) is 7.70. The summed E-state index contributed by atoms with van der Waals surface area (Å²) in [6.07, 6.45) is 3.13. The van der Waals surface area contributed by atoms with E-state index in [9.17, 15) is 13.2 Å². The van der Waals surface area contributed by atoms with Crippen LogP contribution in [0.2, 0.25) is 0 Å². The number of amides is 1. The van der Waals surface area contributed by atoms with E-state index in [1.807, 2.05) is 12.3 Å². The molecule has 1 amide bonds. The number of benzene rings is 1. The van der Waals surface area contributed by atoms with Crippen molar-refractivity contribution >= 4 is 27.1 Å². The van der Waals surface area contributed by atoms with E-state index in [-0.39, 0.29) is 17.2 Å². The largest absolute Gasteiger partial charge is 0.356 e. The van der Waals surface area contributed by atoms with E-state index in [1.54, 1.807) is 23.5 Å². The summed E-state index contributed by atoms with van der Waals surface area (Å²) in [5.41, 5.74) is 1.83. The molecular weight excluding hydrogens is 332 g/mol. The number of nitrogens with one attached hydrogen (secondary N) is 1. The van der Waals surface area contributed by atoms with Crippen LogP contribution in [-0.2, 0) is 27.5 Å². The first kappa shape index (κ1) is 17.6. The van der Waals surface area contributed by atoms with Crippen LogP contribution in [0.5, 0.6) is 0 Å². The topological polar surface area (TPSA) is 76.1 Å². The van der Waals surface area contributed by atoms with Crippen LogP contribution in [-0.4, -0.2) is 32.1 Å². The molecular formula is C16H20N2O3S2. The van der Waals surface area contributed by atoms with Crippen molar-refractivity contribution in [3.8, 4) is 0 Å². The fraction of sp³-hybridized carbons (Fsp3) is 0.375. The molecule has 7 heteroatoms. The van der Waals surface area contributed by atoms with E-state index in [4.69, 9.17) is 0 Å². The molecule has 0 radical (unpaired) electrons. The highest BCUT2D eigenvalue weighted by atomic mass is 32.2. The van der Waals surface area contributed by atoms with Crippen molar-refractivity contribution in [1.29, 1.82) is 0 Å². The van der Waals surface area contributed by atoms with Crippen LogP contribution in [0, 0.1) is 6.92 Å². The molecule has 2 rings (SSSR count). The van der Waals surface area contributed by atoms with Gasteiger partial charge >= 0.3 is 0 Å². The maximum Gasteiger partial charge on any atom is 0.224 e. The number of thiazole rings is 1. The second-order valence-corrected chi connectivity index (χ2v) is 8.39. The number of aromatic nitrogens is 1. The van der Waals surface area contributed by atoms with Gasteiger partial charge in [-0.1, -0.05) is 12.1 Å². The lowest BCUT2D eigenvalue weighted by Gasteiger charge is -2.05. The van der Waals surface area contributed by atoms with Gasteiger partial charge in [-0.25, -0.2) is 13.4 Å². The maximum atomic E-state index is 11.9. The Hall–Kier alpha value is -1.73.